The van der Waals surface area contributed by atoms with Crippen molar-refractivity contribution >= 4 is 17.3 Å². The molecule has 114 valence electrons. The van der Waals surface area contributed by atoms with Crippen molar-refractivity contribution < 1.29 is 4.90 Å². The number of anilines is 1. The van der Waals surface area contributed by atoms with Crippen molar-refractivity contribution in [1.29, 1.82) is 0 Å². The van der Waals surface area contributed by atoms with Crippen LogP contribution in [0.4, 0.5) is 5.95 Å². The Morgan fingerprint density at radius 1 is 1.18 bits per heavy atom. The largest absolute Gasteiger partial charge is 0.346 e. The van der Waals surface area contributed by atoms with Crippen LogP contribution in [0.5, 0.6) is 0 Å². The Morgan fingerprint density at radius 2 is 2.00 bits per heavy atom. The standard InChI is InChI=1S/C15H18N6S/c1-20(2)13(14-9-6-10-22-14)11-16-15-17-18-19-21(15)12-7-4-3-5-8-12/h3-10,13H,11H2,1-2H3,(H,16,17,19)/p+1/t13-/m0/s1. The Morgan fingerprint density at radius 3 is 2.68 bits per heavy atom. The van der Waals surface area contributed by atoms with E-state index in [-0.39, 0.29) is 0 Å². The summed E-state index contributed by atoms with van der Waals surface area (Å²) in [4.78, 5) is 2.72. The molecule has 1 aromatic carbocycles. The number of thiophene rings is 1. The van der Waals surface area contributed by atoms with Gasteiger partial charge in [0.15, 0.2) is 0 Å². The molecule has 0 aliphatic heterocycles. The summed E-state index contributed by atoms with van der Waals surface area (Å²) in [6.07, 6.45) is 0. The average molecular weight is 315 g/mol. The number of aromatic nitrogens is 4. The number of tetrazole rings is 1. The van der Waals surface area contributed by atoms with Gasteiger partial charge < -0.3 is 10.2 Å². The van der Waals surface area contributed by atoms with Gasteiger partial charge in [0.25, 0.3) is 0 Å². The zero-order valence-corrected chi connectivity index (χ0v) is 13.4. The number of nitrogens with one attached hydrogen (secondary N) is 2. The smallest absolute Gasteiger partial charge is 0.247 e. The number of hydrogen-bond acceptors (Lipinski definition) is 5. The summed E-state index contributed by atoms with van der Waals surface area (Å²) < 4.78 is 1.72. The summed E-state index contributed by atoms with van der Waals surface area (Å²) in [5, 5.41) is 17.4. The minimum atomic E-state index is 0.362. The highest BCUT2D eigenvalue weighted by Gasteiger charge is 2.20. The molecule has 2 N–H and O–H groups in total. The van der Waals surface area contributed by atoms with E-state index < -0.39 is 0 Å². The fourth-order valence-electron chi connectivity index (χ4n) is 2.31. The monoisotopic (exact) mass is 315 g/mol. The summed E-state index contributed by atoms with van der Waals surface area (Å²) in [5.74, 6) is 0.661. The van der Waals surface area contributed by atoms with E-state index in [0.717, 1.165) is 12.2 Å². The first-order valence-electron chi connectivity index (χ1n) is 7.17. The number of rotatable bonds is 6. The normalized spacial score (nSPS) is 12.5. The highest BCUT2D eigenvalue weighted by molar-refractivity contribution is 7.10. The molecule has 7 heteroatoms. The van der Waals surface area contributed by atoms with E-state index in [1.165, 1.54) is 9.78 Å². The summed E-state index contributed by atoms with van der Waals surface area (Å²) in [5.41, 5.74) is 0.944. The lowest BCUT2D eigenvalue weighted by molar-refractivity contribution is -0.889. The van der Waals surface area contributed by atoms with Gasteiger partial charge in [0.1, 0.15) is 6.04 Å². The van der Waals surface area contributed by atoms with E-state index in [1.807, 2.05) is 30.3 Å². The molecule has 0 fully saturated rings. The second-order valence-electron chi connectivity index (χ2n) is 5.28. The molecule has 2 heterocycles. The van der Waals surface area contributed by atoms with E-state index in [9.17, 15) is 0 Å². The van der Waals surface area contributed by atoms with E-state index >= 15 is 0 Å². The van der Waals surface area contributed by atoms with Gasteiger partial charge >= 0.3 is 0 Å². The molecular formula is C15H19N6S+. The summed E-state index contributed by atoms with van der Waals surface area (Å²) in [7, 11) is 4.32. The number of quaternary nitrogens is 1. The molecule has 0 aliphatic carbocycles. The van der Waals surface area contributed by atoms with Crippen LogP contribution in [0.2, 0.25) is 0 Å². The van der Waals surface area contributed by atoms with Gasteiger partial charge in [-0.2, -0.15) is 4.68 Å². The van der Waals surface area contributed by atoms with Crippen molar-refractivity contribution in [2.75, 3.05) is 26.0 Å². The van der Waals surface area contributed by atoms with Gasteiger partial charge in [-0.25, -0.2) is 0 Å². The van der Waals surface area contributed by atoms with Gasteiger partial charge in [-0.1, -0.05) is 29.4 Å². The van der Waals surface area contributed by atoms with Crippen molar-refractivity contribution in [3.05, 3.63) is 52.7 Å². The average Bonchev–Trinajstić information content (AvgIpc) is 3.19. The molecule has 0 bridgehead atoms. The Kier molecular flexibility index (Phi) is 4.45. The van der Waals surface area contributed by atoms with Crippen molar-refractivity contribution in [3.8, 4) is 5.69 Å². The topological polar surface area (TPSA) is 60.1 Å². The lowest BCUT2D eigenvalue weighted by Gasteiger charge is -2.20. The quantitative estimate of drug-likeness (QED) is 0.713. The lowest BCUT2D eigenvalue weighted by atomic mass is 10.2. The van der Waals surface area contributed by atoms with Crippen LogP contribution in [0.3, 0.4) is 0 Å². The Balaban J connectivity index is 1.76. The molecule has 0 spiro atoms. The third-order valence-electron chi connectivity index (χ3n) is 3.52. The second-order valence-corrected chi connectivity index (χ2v) is 6.26. The zero-order chi connectivity index (χ0) is 15.4. The van der Waals surface area contributed by atoms with Gasteiger partial charge in [-0.3, -0.25) is 0 Å². The fraction of sp³-hybridized carbons (Fsp3) is 0.267. The summed E-state index contributed by atoms with van der Waals surface area (Å²) >= 11 is 1.78. The number of likely N-dealkylation sites (N-methyl/N-ethyl adjacent to an activating group) is 1. The maximum absolute atomic E-state index is 4.09. The maximum atomic E-state index is 4.09. The van der Waals surface area contributed by atoms with Crippen molar-refractivity contribution in [1.82, 2.24) is 20.2 Å². The molecule has 3 rings (SSSR count). The van der Waals surface area contributed by atoms with E-state index in [4.69, 9.17) is 0 Å². The first-order valence-corrected chi connectivity index (χ1v) is 8.05. The van der Waals surface area contributed by atoms with Gasteiger partial charge in [0, 0.05) is 0 Å². The molecule has 0 amide bonds. The van der Waals surface area contributed by atoms with Crippen LogP contribution in [0, 0.1) is 0 Å². The molecule has 0 saturated carbocycles. The van der Waals surface area contributed by atoms with Crippen LogP contribution in [0.25, 0.3) is 5.69 Å². The van der Waals surface area contributed by atoms with Crippen LogP contribution < -0.4 is 10.2 Å². The number of nitrogens with zero attached hydrogens (tertiary/aromatic N) is 4. The number of benzene rings is 1. The minimum absolute atomic E-state index is 0.362. The lowest BCUT2D eigenvalue weighted by Crippen LogP contribution is -3.06. The van der Waals surface area contributed by atoms with Gasteiger partial charge in [-0.15, -0.1) is 11.3 Å². The van der Waals surface area contributed by atoms with Crippen LogP contribution in [0.1, 0.15) is 10.9 Å². The summed E-state index contributed by atoms with van der Waals surface area (Å²) in [6, 6.07) is 14.5. The Labute approximate surface area is 133 Å². The molecular weight excluding hydrogens is 296 g/mol. The number of hydrogen-bond donors (Lipinski definition) is 2. The van der Waals surface area contributed by atoms with Crippen molar-refractivity contribution in [3.63, 3.8) is 0 Å². The molecule has 1 atom stereocenters. The van der Waals surface area contributed by atoms with Crippen LogP contribution >= 0.6 is 11.3 Å². The SMILES string of the molecule is C[NH+](C)[C@@H](CNc1nnnn1-c1ccccc1)c1cccs1. The Bertz CT molecular complexity index is 692. The molecule has 0 saturated heterocycles. The van der Waals surface area contributed by atoms with E-state index in [1.54, 1.807) is 16.0 Å². The van der Waals surface area contributed by atoms with Crippen molar-refractivity contribution in [2.45, 2.75) is 6.04 Å². The fourth-order valence-corrected chi connectivity index (χ4v) is 3.27. The Hall–Kier alpha value is -2.25. The van der Waals surface area contributed by atoms with Crippen molar-refractivity contribution in [2.24, 2.45) is 0 Å². The zero-order valence-electron chi connectivity index (χ0n) is 12.6. The maximum Gasteiger partial charge on any atom is 0.247 e. The molecule has 6 nitrogen and oxygen atoms in total. The van der Waals surface area contributed by atoms with E-state index in [0.29, 0.717) is 12.0 Å². The second kappa shape index (κ2) is 6.67. The third kappa shape index (κ3) is 3.15. The first-order chi connectivity index (χ1) is 10.8. The van der Waals surface area contributed by atoms with Gasteiger partial charge in [0.05, 0.1) is 31.2 Å². The number of para-hydroxylation sites is 1. The van der Waals surface area contributed by atoms with Gasteiger partial charge in [0.2, 0.25) is 5.95 Å². The molecule has 0 unspecified atom stereocenters. The third-order valence-corrected chi connectivity index (χ3v) is 4.50. The van der Waals surface area contributed by atoms with Crippen LogP contribution in [-0.4, -0.2) is 40.8 Å². The molecule has 2 aromatic heterocycles. The first kappa shape index (κ1) is 14.7. The predicted molar refractivity (Wildman–Crippen MR) is 87.5 cm³/mol. The predicted octanol–water partition coefficient (Wildman–Crippen LogP) is 1.02. The minimum Gasteiger partial charge on any atom is -0.346 e. The highest BCUT2D eigenvalue weighted by atomic mass is 32.1. The molecule has 3 aromatic rings. The summed E-state index contributed by atoms with van der Waals surface area (Å²) in [6.45, 7) is 0.774. The highest BCUT2D eigenvalue weighted by Crippen LogP contribution is 2.17. The van der Waals surface area contributed by atoms with E-state index in [2.05, 4.69) is 52.5 Å². The van der Waals surface area contributed by atoms with Gasteiger partial charge in [-0.05, 0) is 34.0 Å². The van der Waals surface area contributed by atoms with Crippen LogP contribution in [0.15, 0.2) is 47.8 Å². The van der Waals surface area contributed by atoms with Crippen LogP contribution in [-0.2, 0) is 0 Å². The molecule has 0 aliphatic rings. The molecule has 22 heavy (non-hydrogen) atoms. The molecule has 0 radical (unpaired) electrons.